The van der Waals surface area contributed by atoms with Crippen LogP contribution < -0.4 is 5.32 Å². The summed E-state index contributed by atoms with van der Waals surface area (Å²) in [5, 5.41) is 12.3. The molecule has 1 N–H and O–H groups in total. The first-order valence-corrected chi connectivity index (χ1v) is 10.6. The Balaban J connectivity index is 1.53. The first-order valence-electron chi connectivity index (χ1n) is 9.77. The van der Waals surface area contributed by atoms with Gasteiger partial charge in [0.05, 0.1) is 16.1 Å². The van der Waals surface area contributed by atoms with E-state index in [9.17, 15) is 4.79 Å². The average Bonchev–Trinajstić information content (AvgIpc) is 3.27. The molecule has 1 amide bonds. The van der Waals surface area contributed by atoms with Crippen molar-refractivity contribution in [2.24, 2.45) is 0 Å². The predicted molar refractivity (Wildman–Crippen MR) is 119 cm³/mol. The molecule has 150 valence electrons. The number of rotatable bonds is 5. The highest BCUT2D eigenvalue weighted by atomic mass is 79.9. The van der Waals surface area contributed by atoms with E-state index in [0.717, 1.165) is 35.0 Å². The van der Waals surface area contributed by atoms with Gasteiger partial charge in [-0.3, -0.25) is 4.79 Å². The molecule has 0 saturated carbocycles. The average molecular weight is 462 g/mol. The Morgan fingerprint density at radius 2 is 1.90 bits per heavy atom. The molecule has 1 unspecified atom stereocenters. The van der Waals surface area contributed by atoms with Crippen LogP contribution in [0.15, 0.2) is 65.4 Å². The van der Waals surface area contributed by atoms with E-state index < -0.39 is 0 Å². The van der Waals surface area contributed by atoms with Crippen LogP contribution in [0.4, 0.5) is 5.95 Å². The number of anilines is 1. The number of aromatic nitrogens is 2. The quantitative estimate of drug-likeness (QED) is 0.604. The van der Waals surface area contributed by atoms with Crippen LogP contribution in [0.5, 0.6) is 0 Å². The number of nitrogens with zero attached hydrogens (tertiary/aromatic N) is 4. The van der Waals surface area contributed by atoms with Crippen LogP contribution >= 0.6 is 15.9 Å². The number of benzene rings is 2. The summed E-state index contributed by atoms with van der Waals surface area (Å²) in [5.41, 5.74) is 3.08. The van der Waals surface area contributed by atoms with Gasteiger partial charge in [0.1, 0.15) is 0 Å². The maximum Gasteiger partial charge on any atom is 0.254 e. The summed E-state index contributed by atoms with van der Waals surface area (Å²) in [6, 6.07) is 17.2. The van der Waals surface area contributed by atoms with Crippen LogP contribution in [-0.4, -0.2) is 39.9 Å². The first kappa shape index (κ1) is 20.0. The lowest BCUT2D eigenvalue weighted by atomic mass is 9.98. The fourth-order valence-electron chi connectivity index (χ4n) is 3.73. The highest BCUT2D eigenvalue weighted by molar-refractivity contribution is 9.10. The molecule has 4 rings (SSSR count). The molecule has 2 heterocycles. The first-order chi connectivity index (χ1) is 14.7. The standard InChI is InChI=1S/C23H20BrN5O/c24-18-13-26-23(27-14-18)28-15-19-4-3-11-29(19)22(30)21-6-2-1-5-20(21)17-9-7-16(12-25)8-10-17/h1-2,5-10,13-14,19H,3-4,11,15H2,(H,26,27,28). The molecule has 0 aliphatic carbocycles. The van der Waals surface area contributed by atoms with Crippen molar-refractivity contribution in [3.63, 3.8) is 0 Å². The molecule has 6 nitrogen and oxygen atoms in total. The summed E-state index contributed by atoms with van der Waals surface area (Å²) in [6.45, 7) is 1.33. The monoisotopic (exact) mass is 461 g/mol. The van der Waals surface area contributed by atoms with Gasteiger partial charge in [-0.2, -0.15) is 5.26 Å². The molecule has 7 heteroatoms. The summed E-state index contributed by atoms with van der Waals surface area (Å²) >= 11 is 3.33. The lowest BCUT2D eigenvalue weighted by Crippen LogP contribution is -2.39. The second-order valence-corrected chi connectivity index (χ2v) is 8.05. The SMILES string of the molecule is N#Cc1ccc(-c2ccccc2C(=O)N2CCCC2CNc2ncc(Br)cn2)cc1. The van der Waals surface area contributed by atoms with Crippen molar-refractivity contribution in [3.8, 4) is 17.2 Å². The predicted octanol–water partition coefficient (Wildman–Crippen LogP) is 4.49. The van der Waals surface area contributed by atoms with Gasteiger partial charge < -0.3 is 10.2 Å². The van der Waals surface area contributed by atoms with Crippen molar-refractivity contribution >= 4 is 27.8 Å². The normalized spacial score (nSPS) is 15.6. The van der Waals surface area contributed by atoms with Gasteiger partial charge in [-0.25, -0.2) is 9.97 Å². The molecular formula is C23H20BrN5O. The van der Waals surface area contributed by atoms with E-state index in [4.69, 9.17) is 5.26 Å². The van der Waals surface area contributed by atoms with Crippen molar-refractivity contribution in [2.45, 2.75) is 18.9 Å². The number of carbonyl (C=O) groups excluding carboxylic acids is 1. The van der Waals surface area contributed by atoms with Gasteiger partial charge in [-0.05, 0) is 58.1 Å². The van der Waals surface area contributed by atoms with Crippen molar-refractivity contribution in [1.82, 2.24) is 14.9 Å². The highest BCUT2D eigenvalue weighted by Gasteiger charge is 2.30. The molecule has 1 aliphatic heterocycles. The van der Waals surface area contributed by atoms with Gasteiger partial charge in [0, 0.05) is 37.1 Å². The van der Waals surface area contributed by atoms with Gasteiger partial charge in [0.25, 0.3) is 5.91 Å². The second-order valence-electron chi connectivity index (χ2n) is 7.14. The van der Waals surface area contributed by atoms with Crippen LogP contribution in [0.2, 0.25) is 0 Å². The fraction of sp³-hybridized carbons (Fsp3) is 0.217. The third-order valence-electron chi connectivity index (χ3n) is 5.24. The minimum Gasteiger partial charge on any atom is -0.352 e. The minimum atomic E-state index is 0.0241. The van der Waals surface area contributed by atoms with Crippen molar-refractivity contribution in [2.75, 3.05) is 18.4 Å². The maximum absolute atomic E-state index is 13.4. The van der Waals surface area contributed by atoms with Gasteiger partial charge in [-0.1, -0.05) is 30.3 Å². The molecule has 1 fully saturated rings. The lowest BCUT2D eigenvalue weighted by molar-refractivity contribution is 0.0744. The summed E-state index contributed by atoms with van der Waals surface area (Å²) in [7, 11) is 0. The Morgan fingerprint density at radius 1 is 1.17 bits per heavy atom. The van der Waals surface area contributed by atoms with E-state index in [-0.39, 0.29) is 11.9 Å². The Hall–Kier alpha value is -3.24. The van der Waals surface area contributed by atoms with Crippen LogP contribution in [0, 0.1) is 11.3 Å². The van der Waals surface area contributed by atoms with Crippen molar-refractivity contribution < 1.29 is 4.79 Å². The van der Waals surface area contributed by atoms with E-state index in [1.165, 1.54) is 0 Å². The molecule has 0 bridgehead atoms. The Labute approximate surface area is 183 Å². The second kappa shape index (κ2) is 9.06. The summed E-state index contributed by atoms with van der Waals surface area (Å²) < 4.78 is 0.824. The topological polar surface area (TPSA) is 81.9 Å². The molecule has 0 radical (unpaired) electrons. The number of likely N-dealkylation sites (tertiary alicyclic amines) is 1. The van der Waals surface area contributed by atoms with Gasteiger partial charge in [0.15, 0.2) is 0 Å². The van der Waals surface area contributed by atoms with Gasteiger partial charge in [-0.15, -0.1) is 0 Å². The van der Waals surface area contributed by atoms with E-state index in [1.807, 2.05) is 41.3 Å². The fourth-order valence-corrected chi connectivity index (χ4v) is 3.93. The number of hydrogen-bond donors (Lipinski definition) is 1. The van der Waals surface area contributed by atoms with E-state index in [2.05, 4.69) is 37.3 Å². The Morgan fingerprint density at radius 3 is 2.63 bits per heavy atom. The Bertz CT molecular complexity index is 1080. The summed E-state index contributed by atoms with van der Waals surface area (Å²) in [4.78, 5) is 23.9. The smallest absolute Gasteiger partial charge is 0.254 e. The molecule has 0 spiro atoms. The van der Waals surface area contributed by atoms with E-state index >= 15 is 0 Å². The van der Waals surface area contributed by atoms with Crippen molar-refractivity contribution in [1.29, 1.82) is 5.26 Å². The molecule has 1 atom stereocenters. The number of nitrogens with one attached hydrogen (secondary N) is 1. The number of carbonyl (C=O) groups is 1. The van der Waals surface area contributed by atoms with Gasteiger partial charge >= 0.3 is 0 Å². The summed E-state index contributed by atoms with van der Waals surface area (Å²) in [5.74, 6) is 0.575. The largest absolute Gasteiger partial charge is 0.352 e. The number of hydrogen-bond acceptors (Lipinski definition) is 5. The number of amides is 1. The Kier molecular flexibility index (Phi) is 6.05. The molecule has 1 saturated heterocycles. The zero-order valence-corrected chi connectivity index (χ0v) is 17.8. The number of nitriles is 1. The van der Waals surface area contributed by atoms with E-state index in [1.54, 1.807) is 24.5 Å². The third-order valence-corrected chi connectivity index (χ3v) is 5.65. The molecule has 1 aromatic heterocycles. The molecular weight excluding hydrogens is 442 g/mol. The highest BCUT2D eigenvalue weighted by Crippen LogP contribution is 2.28. The van der Waals surface area contributed by atoms with Crippen molar-refractivity contribution in [3.05, 3.63) is 76.5 Å². The minimum absolute atomic E-state index is 0.0241. The van der Waals surface area contributed by atoms with Crippen LogP contribution in [0.3, 0.4) is 0 Å². The molecule has 30 heavy (non-hydrogen) atoms. The lowest BCUT2D eigenvalue weighted by Gasteiger charge is -2.26. The van der Waals surface area contributed by atoms with Crippen LogP contribution in [-0.2, 0) is 0 Å². The maximum atomic E-state index is 13.4. The van der Waals surface area contributed by atoms with E-state index in [0.29, 0.717) is 23.6 Å². The van der Waals surface area contributed by atoms with Crippen LogP contribution in [0.1, 0.15) is 28.8 Å². The van der Waals surface area contributed by atoms with Crippen LogP contribution in [0.25, 0.3) is 11.1 Å². The summed E-state index contributed by atoms with van der Waals surface area (Å²) in [6.07, 6.45) is 5.30. The number of halogens is 1. The molecule has 2 aromatic carbocycles. The zero-order chi connectivity index (χ0) is 20.9. The third kappa shape index (κ3) is 4.34. The molecule has 3 aromatic rings. The molecule has 1 aliphatic rings. The van der Waals surface area contributed by atoms with Gasteiger partial charge in [0.2, 0.25) is 5.95 Å². The zero-order valence-electron chi connectivity index (χ0n) is 16.3.